The lowest BCUT2D eigenvalue weighted by Gasteiger charge is -2.26. The van der Waals surface area contributed by atoms with Crippen LogP contribution in [0.2, 0.25) is 5.02 Å². The molecule has 0 unspecified atom stereocenters. The molecule has 2 aromatic carbocycles. The monoisotopic (exact) mass is 535 g/mol. The predicted molar refractivity (Wildman–Crippen MR) is 133 cm³/mol. The third kappa shape index (κ3) is 6.20. The Morgan fingerprint density at radius 2 is 1.75 bits per heavy atom. The Labute approximate surface area is 215 Å². The van der Waals surface area contributed by atoms with E-state index >= 15 is 0 Å². The maximum absolute atomic E-state index is 14.6. The van der Waals surface area contributed by atoms with Crippen molar-refractivity contribution in [1.29, 1.82) is 0 Å². The molecular weight excluding hydrogens is 512 g/mol. The van der Waals surface area contributed by atoms with E-state index in [-0.39, 0.29) is 37.1 Å². The fraction of sp³-hybridized carbons (Fsp3) is 0.346. The first-order valence-corrected chi connectivity index (χ1v) is 12.8. The summed E-state index contributed by atoms with van der Waals surface area (Å²) in [5.41, 5.74) is -0.635. The summed E-state index contributed by atoms with van der Waals surface area (Å²) in [5.74, 6) is -4.33. The average Bonchev–Trinajstić information content (AvgIpc) is 3.25. The van der Waals surface area contributed by atoms with Crippen molar-refractivity contribution in [2.45, 2.75) is 44.6 Å². The SMILES string of the molecule is O=C(NCCCC(=O)c1c(F)cc(OC2CCC(C(=O)O)CC2)cc1F)c1cc2ccc(Cl)cc2s1. The van der Waals surface area contributed by atoms with Crippen LogP contribution in [0.25, 0.3) is 10.1 Å². The zero-order valence-electron chi connectivity index (χ0n) is 19.2. The number of carbonyl (C=O) groups is 3. The fourth-order valence-electron chi connectivity index (χ4n) is 4.28. The number of nitrogens with one attached hydrogen (secondary N) is 1. The number of fused-ring (bicyclic) bond motifs is 1. The van der Waals surface area contributed by atoms with Crippen LogP contribution in [0.1, 0.15) is 58.6 Å². The molecule has 0 atom stereocenters. The first-order valence-electron chi connectivity index (χ1n) is 11.6. The molecule has 0 spiro atoms. The van der Waals surface area contributed by atoms with Crippen LogP contribution < -0.4 is 10.1 Å². The van der Waals surface area contributed by atoms with Gasteiger partial charge >= 0.3 is 5.97 Å². The summed E-state index contributed by atoms with van der Waals surface area (Å²) >= 11 is 7.27. The molecule has 36 heavy (non-hydrogen) atoms. The van der Waals surface area contributed by atoms with E-state index in [1.54, 1.807) is 18.2 Å². The molecule has 1 heterocycles. The van der Waals surface area contributed by atoms with Crippen molar-refractivity contribution in [3.05, 3.63) is 63.5 Å². The molecule has 1 fully saturated rings. The quantitative estimate of drug-likeness (QED) is 0.250. The first kappa shape index (κ1) is 26.0. The van der Waals surface area contributed by atoms with Crippen LogP contribution in [0.15, 0.2) is 36.4 Å². The number of rotatable bonds is 9. The minimum atomic E-state index is -1.01. The van der Waals surface area contributed by atoms with Crippen LogP contribution in [0.4, 0.5) is 8.78 Å². The van der Waals surface area contributed by atoms with Gasteiger partial charge in [0.05, 0.1) is 22.5 Å². The van der Waals surface area contributed by atoms with Gasteiger partial charge in [0.2, 0.25) is 0 Å². The minimum Gasteiger partial charge on any atom is -0.490 e. The van der Waals surface area contributed by atoms with Crippen molar-refractivity contribution in [3.63, 3.8) is 0 Å². The lowest BCUT2D eigenvalue weighted by Crippen LogP contribution is -2.28. The summed E-state index contributed by atoms with van der Waals surface area (Å²) in [5, 5.41) is 13.3. The van der Waals surface area contributed by atoms with E-state index < -0.39 is 34.9 Å². The molecule has 4 rings (SSSR count). The van der Waals surface area contributed by atoms with Gasteiger partial charge in [0, 0.05) is 34.8 Å². The summed E-state index contributed by atoms with van der Waals surface area (Å²) in [6, 6.07) is 9.06. The molecule has 1 aromatic heterocycles. The van der Waals surface area contributed by atoms with E-state index in [1.165, 1.54) is 11.3 Å². The molecule has 0 radical (unpaired) electrons. The zero-order chi connectivity index (χ0) is 25.8. The van der Waals surface area contributed by atoms with Gasteiger partial charge < -0.3 is 15.2 Å². The smallest absolute Gasteiger partial charge is 0.306 e. The third-order valence-corrected chi connectivity index (χ3v) is 7.52. The second-order valence-electron chi connectivity index (χ2n) is 8.77. The van der Waals surface area contributed by atoms with Crippen LogP contribution in [0, 0.1) is 17.6 Å². The van der Waals surface area contributed by atoms with Gasteiger partial charge in [-0.1, -0.05) is 17.7 Å². The summed E-state index contributed by atoms with van der Waals surface area (Å²) < 4.78 is 35.7. The Morgan fingerprint density at radius 1 is 1.06 bits per heavy atom. The van der Waals surface area contributed by atoms with Crippen LogP contribution in [-0.4, -0.2) is 35.4 Å². The van der Waals surface area contributed by atoms with E-state index in [0.717, 1.165) is 22.2 Å². The number of ether oxygens (including phenoxy) is 1. The van der Waals surface area contributed by atoms with Gasteiger partial charge in [0.25, 0.3) is 5.91 Å². The molecule has 3 aromatic rings. The molecule has 190 valence electrons. The number of thiophene rings is 1. The van der Waals surface area contributed by atoms with Crippen molar-refractivity contribution >= 4 is 50.7 Å². The summed E-state index contributed by atoms with van der Waals surface area (Å²) in [6.07, 6.45) is 1.57. The predicted octanol–water partition coefficient (Wildman–Crippen LogP) is 6.25. The van der Waals surface area contributed by atoms with Gasteiger partial charge in [-0.25, -0.2) is 8.78 Å². The molecule has 1 aliphatic rings. The van der Waals surface area contributed by atoms with E-state index in [2.05, 4.69) is 5.32 Å². The molecule has 1 amide bonds. The maximum atomic E-state index is 14.6. The topological polar surface area (TPSA) is 92.7 Å². The first-order chi connectivity index (χ1) is 17.2. The van der Waals surface area contributed by atoms with Crippen molar-refractivity contribution in [2.75, 3.05) is 6.54 Å². The molecule has 6 nitrogen and oxygen atoms in total. The van der Waals surface area contributed by atoms with E-state index in [1.807, 2.05) is 6.07 Å². The lowest BCUT2D eigenvalue weighted by molar-refractivity contribution is -0.143. The standard InChI is InChI=1S/C26H24ClF2NO5S/c27-16-6-3-15-10-23(36-22(15)11-16)25(32)30-9-1-2-21(31)24-19(28)12-18(13-20(24)29)35-17-7-4-14(5-8-17)26(33)34/h3,6,10-14,17H,1-2,4-5,7-9H2,(H,30,32)(H,33,34). The third-order valence-electron chi connectivity index (χ3n) is 6.19. The minimum absolute atomic E-state index is 0.0304. The second-order valence-corrected chi connectivity index (χ2v) is 10.3. The van der Waals surface area contributed by atoms with E-state index in [9.17, 15) is 23.2 Å². The van der Waals surface area contributed by atoms with Crippen LogP contribution >= 0.6 is 22.9 Å². The van der Waals surface area contributed by atoms with Crippen molar-refractivity contribution in [1.82, 2.24) is 5.32 Å². The number of amides is 1. The molecule has 0 saturated heterocycles. The van der Waals surface area contributed by atoms with Crippen LogP contribution in [0.5, 0.6) is 5.75 Å². The van der Waals surface area contributed by atoms with Crippen LogP contribution in [0.3, 0.4) is 0 Å². The lowest BCUT2D eigenvalue weighted by atomic mass is 9.87. The fourth-order valence-corrected chi connectivity index (χ4v) is 5.54. The Hall–Kier alpha value is -3.04. The van der Waals surface area contributed by atoms with Crippen molar-refractivity contribution in [3.8, 4) is 5.75 Å². The number of Topliss-reactive ketones (excluding diaryl/α,β-unsaturated/α-hetero) is 1. The number of carboxylic acids is 1. The van der Waals surface area contributed by atoms with Crippen molar-refractivity contribution in [2.24, 2.45) is 5.92 Å². The molecule has 10 heteroatoms. The van der Waals surface area contributed by atoms with Gasteiger partial charge in [-0.05, 0) is 55.7 Å². The number of ketones is 1. The van der Waals surface area contributed by atoms with Gasteiger partial charge in [0.1, 0.15) is 17.4 Å². The highest BCUT2D eigenvalue weighted by Crippen LogP contribution is 2.30. The van der Waals surface area contributed by atoms with Gasteiger partial charge in [-0.15, -0.1) is 11.3 Å². The number of carbonyl (C=O) groups excluding carboxylic acids is 2. The number of carboxylic acid groups (broad SMARTS) is 1. The Balaban J connectivity index is 1.27. The normalized spacial score (nSPS) is 17.6. The van der Waals surface area contributed by atoms with Gasteiger partial charge in [-0.3, -0.25) is 14.4 Å². The van der Waals surface area contributed by atoms with Gasteiger partial charge in [-0.2, -0.15) is 0 Å². The summed E-state index contributed by atoms with van der Waals surface area (Å²) in [4.78, 5) is 36.4. The molecular formula is C26H24ClF2NO5S. The Bertz CT molecular complexity index is 1280. The van der Waals surface area contributed by atoms with Crippen molar-refractivity contribution < 1.29 is 33.0 Å². The number of hydrogen-bond donors (Lipinski definition) is 2. The maximum Gasteiger partial charge on any atom is 0.306 e. The number of halogens is 3. The molecule has 0 bridgehead atoms. The molecule has 0 aliphatic heterocycles. The molecule has 1 saturated carbocycles. The van der Waals surface area contributed by atoms with Gasteiger partial charge in [0.15, 0.2) is 5.78 Å². The van der Waals surface area contributed by atoms with E-state index in [0.29, 0.717) is 35.6 Å². The highest BCUT2D eigenvalue weighted by atomic mass is 35.5. The number of benzene rings is 2. The zero-order valence-corrected chi connectivity index (χ0v) is 20.8. The highest BCUT2D eigenvalue weighted by molar-refractivity contribution is 7.20. The summed E-state index contributed by atoms with van der Waals surface area (Å²) in [7, 11) is 0. The van der Waals surface area contributed by atoms with Crippen LogP contribution in [-0.2, 0) is 4.79 Å². The Kier molecular flexibility index (Phi) is 8.21. The molecule has 2 N–H and O–H groups in total. The highest BCUT2D eigenvalue weighted by Gasteiger charge is 2.27. The Morgan fingerprint density at radius 3 is 2.42 bits per heavy atom. The molecule has 1 aliphatic carbocycles. The largest absolute Gasteiger partial charge is 0.490 e. The average molecular weight is 536 g/mol. The number of aliphatic carboxylic acids is 1. The second kappa shape index (κ2) is 11.3. The summed E-state index contributed by atoms with van der Waals surface area (Å²) in [6.45, 7) is 0.170. The van der Waals surface area contributed by atoms with E-state index in [4.69, 9.17) is 21.4 Å². The number of hydrogen-bond acceptors (Lipinski definition) is 5.